The normalized spacial score (nSPS) is 12.1. The fraction of sp³-hybridized carbons (Fsp3) is 0.286. The molecule has 0 spiro atoms. The number of nitro groups is 1. The van der Waals surface area contributed by atoms with Crippen molar-refractivity contribution in [1.82, 2.24) is 5.32 Å². The number of rotatable bonds is 6. The van der Waals surface area contributed by atoms with E-state index in [2.05, 4.69) is 5.32 Å². The summed E-state index contributed by atoms with van der Waals surface area (Å²) in [4.78, 5) is 11.1. The first-order valence-electron chi connectivity index (χ1n) is 6.31. The standard InChI is InChI=1S/C14H15FN2O3S/c1-9(10-3-5-13(20-2)12(15)7-10)16-8-11-4-6-14(21-11)17(18)19/h3-7,9,16H,8H2,1-2H3. The van der Waals surface area contributed by atoms with Gasteiger partial charge in [0.05, 0.1) is 12.0 Å². The summed E-state index contributed by atoms with van der Waals surface area (Å²) in [6, 6.07) is 7.92. The molecule has 0 aliphatic heterocycles. The van der Waals surface area contributed by atoms with Gasteiger partial charge in [-0.2, -0.15) is 0 Å². The van der Waals surface area contributed by atoms with E-state index in [0.717, 1.165) is 21.8 Å². The molecule has 0 saturated carbocycles. The molecule has 0 fully saturated rings. The summed E-state index contributed by atoms with van der Waals surface area (Å²) in [5.74, 6) is -0.199. The highest BCUT2D eigenvalue weighted by Crippen LogP contribution is 2.25. The number of nitrogens with one attached hydrogen (secondary N) is 1. The second-order valence-electron chi connectivity index (χ2n) is 4.49. The van der Waals surface area contributed by atoms with Crippen LogP contribution >= 0.6 is 11.3 Å². The summed E-state index contributed by atoms with van der Waals surface area (Å²) in [6.45, 7) is 2.40. The molecule has 1 aromatic carbocycles. The molecule has 1 atom stereocenters. The lowest BCUT2D eigenvalue weighted by Gasteiger charge is -2.14. The first kappa shape index (κ1) is 15.4. The molecular formula is C14H15FN2O3S. The van der Waals surface area contributed by atoms with Crippen molar-refractivity contribution in [2.45, 2.75) is 19.5 Å². The van der Waals surface area contributed by atoms with Gasteiger partial charge in [0.15, 0.2) is 11.6 Å². The van der Waals surface area contributed by atoms with Gasteiger partial charge >= 0.3 is 5.00 Å². The van der Waals surface area contributed by atoms with E-state index in [4.69, 9.17) is 4.74 Å². The number of hydrogen-bond donors (Lipinski definition) is 1. The first-order valence-corrected chi connectivity index (χ1v) is 7.13. The van der Waals surface area contributed by atoms with Crippen LogP contribution in [0.1, 0.15) is 23.4 Å². The van der Waals surface area contributed by atoms with Gasteiger partial charge in [-0.3, -0.25) is 10.1 Å². The molecule has 2 rings (SSSR count). The van der Waals surface area contributed by atoms with Crippen LogP contribution < -0.4 is 10.1 Å². The maximum Gasteiger partial charge on any atom is 0.324 e. The van der Waals surface area contributed by atoms with Crippen molar-refractivity contribution in [3.8, 4) is 5.75 Å². The molecule has 0 bridgehead atoms. The number of nitrogens with zero attached hydrogens (tertiary/aromatic N) is 1. The lowest BCUT2D eigenvalue weighted by atomic mass is 10.1. The van der Waals surface area contributed by atoms with Crippen molar-refractivity contribution in [3.05, 3.63) is 56.7 Å². The van der Waals surface area contributed by atoms with Crippen LogP contribution in [0.5, 0.6) is 5.75 Å². The fourth-order valence-electron chi connectivity index (χ4n) is 1.88. The Morgan fingerprint density at radius 2 is 2.19 bits per heavy atom. The van der Waals surface area contributed by atoms with Crippen molar-refractivity contribution >= 4 is 16.3 Å². The number of hydrogen-bond acceptors (Lipinski definition) is 5. The van der Waals surface area contributed by atoms with Gasteiger partial charge in [0, 0.05) is 23.5 Å². The Morgan fingerprint density at radius 1 is 1.43 bits per heavy atom. The first-order chi connectivity index (χ1) is 10.0. The summed E-state index contributed by atoms with van der Waals surface area (Å²) in [7, 11) is 1.42. The molecule has 5 nitrogen and oxygen atoms in total. The highest BCUT2D eigenvalue weighted by molar-refractivity contribution is 7.15. The van der Waals surface area contributed by atoms with Crippen LogP contribution in [0.15, 0.2) is 30.3 Å². The quantitative estimate of drug-likeness (QED) is 0.653. The third-order valence-corrected chi connectivity index (χ3v) is 4.12. The Hall–Kier alpha value is -1.99. The van der Waals surface area contributed by atoms with Crippen molar-refractivity contribution < 1.29 is 14.1 Å². The fourth-order valence-corrected chi connectivity index (χ4v) is 2.65. The van der Waals surface area contributed by atoms with Crippen LogP contribution in [0.2, 0.25) is 0 Å². The molecule has 0 aliphatic carbocycles. The van der Waals surface area contributed by atoms with Crippen LogP contribution in [-0.4, -0.2) is 12.0 Å². The molecule has 1 heterocycles. The Kier molecular flexibility index (Phi) is 4.87. The average Bonchev–Trinajstić information content (AvgIpc) is 2.93. The molecule has 0 amide bonds. The Morgan fingerprint density at radius 3 is 2.76 bits per heavy atom. The smallest absolute Gasteiger partial charge is 0.324 e. The number of methoxy groups -OCH3 is 1. The van der Waals surface area contributed by atoms with Crippen LogP contribution in [0.4, 0.5) is 9.39 Å². The second kappa shape index (κ2) is 6.64. The minimum Gasteiger partial charge on any atom is -0.494 e. The van der Waals surface area contributed by atoms with Gasteiger partial charge in [-0.15, -0.1) is 0 Å². The zero-order chi connectivity index (χ0) is 15.4. The van der Waals surface area contributed by atoms with Crippen molar-refractivity contribution in [3.63, 3.8) is 0 Å². The minimum absolute atomic E-state index is 0.0773. The SMILES string of the molecule is COc1ccc(C(C)NCc2ccc([N+](=O)[O-])s2)cc1F. The lowest BCUT2D eigenvalue weighted by Crippen LogP contribution is -2.17. The maximum atomic E-state index is 13.6. The molecule has 0 aliphatic rings. The third-order valence-electron chi connectivity index (χ3n) is 3.09. The van der Waals surface area contributed by atoms with E-state index in [0.29, 0.717) is 6.54 Å². The number of benzene rings is 1. The molecule has 112 valence electrons. The second-order valence-corrected chi connectivity index (χ2v) is 5.64. The van der Waals surface area contributed by atoms with Crippen molar-refractivity contribution in [2.24, 2.45) is 0 Å². The van der Waals surface area contributed by atoms with Gasteiger partial charge in [-0.1, -0.05) is 17.4 Å². The van der Waals surface area contributed by atoms with E-state index in [-0.39, 0.29) is 16.8 Å². The van der Waals surface area contributed by atoms with Crippen LogP contribution in [0, 0.1) is 15.9 Å². The predicted octanol–water partition coefficient (Wildman–Crippen LogP) is 3.65. The third kappa shape index (κ3) is 3.77. The van der Waals surface area contributed by atoms with Gasteiger partial charge in [0.25, 0.3) is 0 Å². The summed E-state index contributed by atoms with van der Waals surface area (Å²) in [6.07, 6.45) is 0. The van der Waals surface area contributed by atoms with Crippen LogP contribution in [0.3, 0.4) is 0 Å². The number of ether oxygens (including phenoxy) is 1. The average molecular weight is 310 g/mol. The largest absolute Gasteiger partial charge is 0.494 e. The molecule has 0 radical (unpaired) electrons. The van der Waals surface area contributed by atoms with Crippen LogP contribution in [-0.2, 0) is 6.54 Å². The van der Waals surface area contributed by atoms with E-state index in [1.807, 2.05) is 6.92 Å². The Balaban J connectivity index is 1.99. The monoisotopic (exact) mass is 310 g/mol. The molecular weight excluding hydrogens is 295 g/mol. The van der Waals surface area contributed by atoms with Crippen molar-refractivity contribution in [1.29, 1.82) is 0 Å². The van der Waals surface area contributed by atoms with Crippen molar-refractivity contribution in [2.75, 3.05) is 7.11 Å². The van der Waals surface area contributed by atoms with Gasteiger partial charge in [-0.25, -0.2) is 4.39 Å². The zero-order valence-corrected chi connectivity index (χ0v) is 12.4. The van der Waals surface area contributed by atoms with E-state index in [1.54, 1.807) is 18.2 Å². The summed E-state index contributed by atoms with van der Waals surface area (Å²) >= 11 is 1.13. The van der Waals surface area contributed by atoms with Gasteiger partial charge < -0.3 is 10.1 Å². The highest BCUT2D eigenvalue weighted by atomic mass is 32.1. The Bertz CT molecular complexity index is 645. The summed E-state index contributed by atoms with van der Waals surface area (Å²) in [5.41, 5.74) is 0.791. The molecule has 7 heteroatoms. The maximum absolute atomic E-state index is 13.6. The Labute approximate surface area is 125 Å². The summed E-state index contributed by atoms with van der Waals surface area (Å²) < 4.78 is 18.5. The zero-order valence-electron chi connectivity index (χ0n) is 11.6. The molecule has 1 aromatic heterocycles. The van der Waals surface area contributed by atoms with E-state index in [1.165, 1.54) is 19.2 Å². The molecule has 21 heavy (non-hydrogen) atoms. The topological polar surface area (TPSA) is 64.4 Å². The van der Waals surface area contributed by atoms with E-state index >= 15 is 0 Å². The van der Waals surface area contributed by atoms with E-state index < -0.39 is 10.7 Å². The van der Waals surface area contributed by atoms with Gasteiger partial charge in [-0.05, 0) is 30.7 Å². The van der Waals surface area contributed by atoms with Crippen LogP contribution in [0.25, 0.3) is 0 Å². The molecule has 0 saturated heterocycles. The summed E-state index contributed by atoms with van der Waals surface area (Å²) in [5, 5.41) is 13.9. The highest BCUT2D eigenvalue weighted by Gasteiger charge is 2.12. The molecule has 1 unspecified atom stereocenters. The van der Waals surface area contributed by atoms with Gasteiger partial charge in [0.1, 0.15) is 0 Å². The molecule has 2 aromatic rings. The lowest BCUT2D eigenvalue weighted by molar-refractivity contribution is -0.380. The minimum atomic E-state index is -0.407. The molecule has 1 N–H and O–H groups in total. The number of thiophene rings is 1. The predicted molar refractivity (Wildman–Crippen MR) is 79.2 cm³/mol. The number of halogens is 1. The van der Waals surface area contributed by atoms with Gasteiger partial charge in [0.2, 0.25) is 0 Å². The van der Waals surface area contributed by atoms with E-state index in [9.17, 15) is 14.5 Å².